The highest BCUT2D eigenvalue weighted by atomic mass is 32.1. The van der Waals surface area contributed by atoms with Crippen molar-refractivity contribution in [2.45, 2.75) is 0 Å². The smallest absolute Gasteiger partial charge is 0.231 e. The third-order valence-electron chi connectivity index (χ3n) is 2.18. The first-order valence-electron chi connectivity index (χ1n) is 5.37. The zero-order chi connectivity index (χ0) is 12.8. The van der Waals surface area contributed by atoms with E-state index in [9.17, 15) is 0 Å². The van der Waals surface area contributed by atoms with Crippen LogP contribution in [-0.4, -0.2) is 24.7 Å². The van der Waals surface area contributed by atoms with Gasteiger partial charge in [-0.15, -0.1) is 6.58 Å². The van der Waals surface area contributed by atoms with Crippen LogP contribution >= 0.6 is 12.2 Å². The highest BCUT2D eigenvalue weighted by Gasteiger charge is 2.12. The number of nitrogens with one attached hydrogen (secondary N) is 2. The van der Waals surface area contributed by atoms with Crippen LogP contribution < -0.4 is 20.2 Å². The molecular formula is C12H13N3O2S. The molecule has 0 aliphatic carbocycles. The molecule has 2 rings (SSSR count). The van der Waals surface area contributed by atoms with E-state index in [0.717, 1.165) is 17.1 Å². The van der Waals surface area contributed by atoms with E-state index in [2.05, 4.69) is 22.4 Å². The first-order valence-corrected chi connectivity index (χ1v) is 5.78. The summed E-state index contributed by atoms with van der Waals surface area (Å²) in [5.74, 6) is 1.48. The number of fused-ring (bicyclic) bond motifs is 1. The van der Waals surface area contributed by atoms with E-state index in [1.165, 1.54) is 0 Å². The quantitative estimate of drug-likeness (QED) is 0.372. The number of rotatable bonds is 4. The number of thiocarbonyl (C=S) groups is 1. The largest absolute Gasteiger partial charge is 0.454 e. The number of benzene rings is 1. The molecule has 0 atom stereocenters. The van der Waals surface area contributed by atoms with Crippen LogP contribution in [0.25, 0.3) is 0 Å². The third kappa shape index (κ3) is 3.21. The fraction of sp³-hybridized carbons (Fsp3) is 0.167. The predicted octanol–water partition coefficient (Wildman–Crippen LogP) is 1.40. The van der Waals surface area contributed by atoms with Gasteiger partial charge in [0.2, 0.25) is 6.79 Å². The van der Waals surface area contributed by atoms with Gasteiger partial charge in [0.25, 0.3) is 0 Å². The number of hydrogen-bond donors (Lipinski definition) is 2. The second kappa shape index (κ2) is 6.02. The first kappa shape index (κ1) is 12.4. The van der Waals surface area contributed by atoms with E-state index in [0.29, 0.717) is 11.7 Å². The second-order valence-corrected chi connectivity index (χ2v) is 3.89. The van der Waals surface area contributed by atoms with E-state index in [1.54, 1.807) is 12.3 Å². The summed E-state index contributed by atoms with van der Waals surface area (Å²) in [7, 11) is 0. The Bertz CT molecular complexity index is 488. The Labute approximate surface area is 110 Å². The van der Waals surface area contributed by atoms with Crippen molar-refractivity contribution in [2.75, 3.05) is 13.3 Å². The maximum Gasteiger partial charge on any atom is 0.231 e. The van der Waals surface area contributed by atoms with Crippen molar-refractivity contribution < 1.29 is 9.47 Å². The fourth-order valence-corrected chi connectivity index (χ4v) is 1.50. The highest BCUT2D eigenvalue weighted by Crippen LogP contribution is 2.31. The Morgan fingerprint density at radius 3 is 3.11 bits per heavy atom. The van der Waals surface area contributed by atoms with Crippen molar-refractivity contribution >= 4 is 23.5 Å². The van der Waals surface area contributed by atoms with E-state index in [1.807, 2.05) is 18.2 Å². The fourth-order valence-electron chi connectivity index (χ4n) is 1.36. The molecule has 94 valence electrons. The van der Waals surface area contributed by atoms with Crippen molar-refractivity contribution in [3.63, 3.8) is 0 Å². The van der Waals surface area contributed by atoms with Gasteiger partial charge < -0.3 is 14.8 Å². The van der Waals surface area contributed by atoms with Crippen LogP contribution in [0.4, 0.5) is 0 Å². The number of nitrogens with zero attached hydrogens (tertiary/aromatic N) is 1. The molecule has 1 aliphatic rings. The van der Waals surface area contributed by atoms with Gasteiger partial charge in [-0.25, -0.2) is 0 Å². The van der Waals surface area contributed by atoms with Gasteiger partial charge in [-0.2, -0.15) is 5.10 Å². The molecule has 0 fully saturated rings. The van der Waals surface area contributed by atoms with Gasteiger partial charge in [0.1, 0.15) is 0 Å². The van der Waals surface area contributed by atoms with Gasteiger partial charge in [0, 0.05) is 6.54 Å². The minimum absolute atomic E-state index is 0.268. The lowest BCUT2D eigenvalue weighted by molar-refractivity contribution is 0.174. The topological polar surface area (TPSA) is 54.9 Å². The van der Waals surface area contributed by atoms with Crippen LogP contribution in [-0.2, 0) is 0 Å². The van der Waals surface area contributed by atoms with Crippen LogP contribution in [0.3, 0.4) is 0 Å². The highest BCUT2D eigenvalue weighted by molar-refractivity contribution is 7.80. The molecule has 0 saturated heterocycles. The summed E-state index contributed by atoms with van der Waals surface area (Å²) < 4.78 is 10.5. The van der Waals surface area contributed by atoms with Gasteiger partial charge in [-0.05, 0) is 36.0 Å². The van der Waals surface area contributed by atoms with Crippen molar-refractivity contribution in [2.24, 2.45) is 5.10 Å². The van der Waals surface area contributed by atoms with Crippen molar-refractivity contribution in [3.05, 3.63) is 36.4 Å². The van der Waals surface area contributed by atoms with E-state index in [4.69, 9.17) is 21.7 Å². The summed E-state index contributed by atoms with van der Waals surface area (Å²) in [6.45, 7) is 4.45. The molecule has 0 spiro atoms. The van der Waals surface area contributed by atoms with E-state index >= 15 is 0 Å². The summed E-state index contributed by atoms with van der Waals surface area (Å²) in [5, 5.41) is 7.37. The van der Waals surface area contributed by atoms with Crippen molar-refractivity contribution in [1.29, 1.82) is 0 Å². The molecule has 0 saturated carbocycles. The first-order chi connectivity index (χ1) is 8.79. The molecular weight excluding hydrogens is 250 g/mol. The monoisotopic (exact) mass is 263 g/mol. The lowest BCUT2D eigenvalue weighted by Gasteiger charge is -2.03. The minimum atomic E-state index is 0.268. The molecule has 0 amide bonds. The Kier molecular flexibility index (Phi) is 4.14. The SMILES string of the molecule is C=CCNC(=S)NN=Cc1ccc2c(c1)OCO2. The molecule has 2 N–H and O–H groups in total. The normalized spacial score (nSPS) is 12.4. The molecule has 5 nitrogen and oxygen atoms in total. The third-order valence-corrected chi connectivity index (χ3v) is 2.42. The standard InChI is InChI=1S/C12H13N3O2S/c1-2-5-13-12(18)15-14-7-9-3-4-10-11(6-9)17-8-16-10/h2-4,6-7H,1,5,8H2,(H2,13,15,18). The molecule has 0 unspecified atom stereocenters. The molecule has 0 radical (unpaired) electrons. The van der Waals surface area contributed by atoms with Gasteiger partial charge in [0.15, 0.2) is 16.6 Å². The Morgan fingerprint density at radius 2 is 2.28 bits per heavy atom. The average molecular weight is 263 g/mol. The van der Waals surface area contributed by atoms with E-state index < -0.39 is 0 Å². The van der Waals surface area contributed by atoms with Crippen LogP contribution in [0.2, 0.25) is 0 Å². The summed E-state index contributed by atoms with van der Waals surface area (Å²) in [5.41, 5.74) is 3.60. The average Bonchev–Trinajstić information content (AvgIpc) is 2.83. The lowest BCUT2D eigenvalue weighted by Crippen LogP contribution is -2.31. The molecule has 18 heavy (non-hydrogen) atoms. The molecule has 1 aliphatic heterocycles. The molecule has 1 aromatic rings. The Hall–Kier alpha value is -2.08. The molecule has 1 heterocycles. The maximum atomic E-state index is 5.27. The summed E-state index contributed by atoms with van der Waals surface area (Å²) >= 11 is 4.99. The minimum Gasteiger partial charge on any atom is -0.454 e. The lowest BCUT2D eigenvalue weighted by atomic mass is 10.2. The Morgan fingerprint density at radius 1 is 1.44 bits per heavy atom. The summed E-state index contributed by atoms with van der Waals surface area (Å²) in [4.78, 5) is 0. The number of hydrazone groups is 1. The van der Waals surface area contributed by atoms with Gasteiger partial charge in [-0.1, -0.05) is 6.08 Å². The Balaban J connectivity index is 1.89. The zero-order valence-corrected chi connectivity index (χ0v) is 10.5. The molecule has 0 aromatic heterocycles. The van der Waals surface area contributed by atoms with Crippen LogP contribution in [0.5, 0.6) is 11.5 Å². The molecule has 0 bridgehead atoms. The summed E-state index contributed by atoms with van der Waals surface area (Å²) in [6, 6.07) is 5.59. The summed E-state index contributed by atoms with van der Waals surface area (Å²) in [6.07, 6.45) is 3.37. The van der Waals surface area contributed by atoms with E-state index in [-0.39, 0.29) is 6.79 Å². The van der Waals surface area contributed by atoms with Gasteiger partial charge in [0.05, 0.1) is 6.21 Å². The predicted molar refractivity (Wildman–Crippen MR) is 74.1 cm³/mol. The second-order valence-electron chi connectivity index (χ2n) is 3.48. The van der Waals surface area contributed by atoms with Crippen molar-refractivity contribution in [3.8, 4) is 11.5 Å². The van der Waals surface area contributed by atoms with Gasteiger partial charge in [-0.3, -0.25) is 5.43 Å². The molecule has 6 heteroatoms. The number of ether oxygens (including phenoxy) is 2. The van der Waals surface area contributed by atoms with Crippen LogP contribution in [0, 0.1) is 0 Å². The zero-order valence-electron chi connectivity index (χ0n) is 9.68. The molecule has 1 aromatic carbocycles. The number of hydrogen-bond acceptors (Lipinski definition) is 4. The van der Waals surface area contributed by atoms with Gasteiger partial charge >= 0.3 is 0 Å². The van der Waals surface area contributed by atoms with Crippen LogP contribution in [0.15, 0.2) is 36.0 Å². The van der Waals surface area contributed by atoms with Crippen LogP contribution in [0.1, 0.15) is 5.56 Å². The van der Waals surface area contributed by atoms with Crippen molar-refractivity contribution in [1.82, 2.24) is 10.7 Å². The maximum absolute atomic E-state index is 5.27.